The zero-order valence-corrected chi connectivity index (χ0v) is 22.7. The summed E-state index contributed by atoms with van der Waals surface area (Å²) in [5, 5.41) is 14.4. The molecule has 39 heavy (non-hydrogen) atoms. The number of hydrogen-bond donors (Lipinski definition) is 2. The molecule has 0 bridgehead atoms. The van der Waals surface area contributed by atoms with Gasteiger partial charge in [-0.3, -0.25) is 14.7 Å². The maximum absolute atomic E-state index is 13.6. The Balaban J connectivity index is 1.06. The van der Waals surface area contributed by atoms with Gasteiger partial charge in [0.15, 0.2) is 0 Å². The van der Waals surface area contributed by atoms with E-state index in [0.717, 1.165) is 75.0 Å². The number of carbonyl (C=O) groups is 1. The Kier molecular flexibility index (Phi) is 8.05. The maximum atomic E-state index is 13.6. The van der Waals surface area contributed by atoms with Crippen LogP contribution < -0.4 is 5.32 Å². The smallest absolute Gasteiger partial charge is 0.254 e. The Bertz CT molecular complexity index is 1220. The number of nitrogens with zero attached hydrogens (tertiary/aromatic N) is 3. The maximum Gasteiger partial charge on any atom is 0.254 e. The van der Waals surface area contributed by atoms with Crippen molar-refractivity contribution in [1.82, 2.24) is 20.1 Å². The van der Waals surface area contributed by atoms with Crippen LogP contribution in [0.5, 0.6) is 0 Å². The van der Waals surface area contributed by atoms with E-state index in [1.165, 1.54) is 12.0 Å². The molecule has 2 unspecified atom stereocenters. The highest BCUT2D eigenvalue weighted by Gasteiger charge is 2.40. The summed E-state index contributed by atoms with van der Waals surface area (Å²) in [7, 11) is 0. The van der Waals surface area contributed by atoms with Gasteiger partial charge < -0.3 is 15.3 Å². The molecule has 5 atom stereocenters. The zero-order chi connectivity index (χ0) is 26.6. The Morgan fingerprint density at radius 3 is 2.46 bits per heavy atom. The molecule has 6 rings (SSSR count). The number of pyridine rings is 1. The second-order valence-corrected chi connectivity index (χ2v) is 11.5. The second kappa shape index (κ2) is 12.0. The first-order chi connectivity index (χ1) is 19.2. The lowest BCUT2D eigenvalue weighted by Crippen LogP contribution is -2.48. The van der Waals surface area contributed by atoms with Crippen LogP contribution in [0.25, 0.3) is 0 Å². The van der Waals surface area contributed by atoms with Gasteiger partial charge in [-0.05, 0) is 86.9 Å². The summed E-state index contributed by atoms with van der Waals surface area (Å²) in [6.45, 7) is 2.78. The van der Waals surface area contributed by atoms with Gasteiger partial charge in [0.25, 0.3) is 5.91 Å². The number of aromatic nitrogens is 1. The molecule has 6 heteroatoms. The van der Waals surface area contributed by atoms with E-state index in [-0.39, 0.29) is 18.0 Å². The molecule has 3 aromatic rings. The van der Waals surface area contributed by atoms with Gasteiger partial charge in [-0.25, -0.2) is 0 Å². The molecule has 6 nitrogen and oxygen atoms in total. The number of amides is 1. The van der Waals surface area contributed by atoms with Crippen molar-refractivity contribution >= 4 is 5.91 Å². The van der Waals surface area contributed by atoms with Crippen LogP contribution in [0.3, 0.4) is 0 Å². The van der Waals surface area contributed by atoms with Crippen molar-refractivity contribution in [2.45, 2.75) is 81.8 Å². The van der Waals surface area contributed by atoms with Crippen LogP contribution in [-0.2, 0) is 13.0 Å². The Labute approximate surface area is 232 Å². The molecule has 3 aliphatic rings. The summed E-state index contributed by atoms with van der Waals surface area (Å²) in [4.78, 5) is 22.9. The van der Waals surface area contributed by atoms with Crippen LogP contribution in [0.2, 0.25) is 0 Å². The van der Waals surface area contributed by atoms with E-state index in [1.807, 2.05) is 54.7 Å². The minimum Gasteiger partial charge on any atom is -0.387 e. The summed E-state index contributed by atoms with van der Waals surface area (Å²) in [5.74, 6) is 0.166. The number of aliphatic hydroxyl groups is 1. The van der Waals surface area contributed by atoms with Gasteiger partial charge in [-0.1, -0.05) is 48.5 Å². The van der Waals surface area contributed by atoms with Crippen LogP contribution in [0.4, 0.5) is 0 Å². The van der Waals surface area contributed by atoms with Gasteiger partial charge in [-0.15, -0.1) is 0 Å². The van der Waals surface area contributed by atoms with Crippen LogP contribution >= 0.6 is 0 Å². The normalized spacial score (nSPS) is 26.2. The predicted octanol–water partition coefficient (Wildman–Crippen LogP) is 4.75. The van der Waals surface area contributed by atoms with E-state index in [9.17, 15) is 9.90 Å². The number of carbonyl (C=O) groups excluding carboxylic acids is 1. The fraction of sp³-hybridized carbons (Fsp3) is 0.455. The molecule has 2 N–H and O–H groups in total. The molecule has 0 spiro atoms. The fourth-order valence-corrected chi connectivity index (χ4v) is 7.00. The summed E-state index contributed by atoms with van der Waals surface area (Å²) >= 11 is 0. The van der Waals surface area contributed by atoms with Gasteiger partial charge in [0.05, 0.1) is 11.8 Å². The monoisotopic (exact) mass is 524 g/mol. The molecule has 3 fully saturated rings. The van der Waals surface area contributed by atoms with E-state index in [0.29, 0.717) is 12.1 Å². The third kappa shape index (κ3) is 5.93. The summed E-state index contributed by atoms with van der Waals surface area (Å²) in [6, 6.07) is 25.4. The molecule has 0 aliphatic carbocycles. The Morgan fingerprint density at radius 2 is 1.67 bits per heavy atom. The molecule has 204 valence electrons. The third-order valence-electron chi connectivity index (χ3n) is 8.99. The number of aliphatic hydroxyl groups excluding tert-OH is 1. The van der Waals surface area contributed by atoms with E-state index < -0.39 is 6.10 Å². The molecule has 3 saturated heterocycles. The molecule has 1 amide bonds. The lowest BCUT2D eigenvalue weighted by atomic mass is 10.00. The van der Waals surface area contributed by atoms with Crippen LogP contribution in [0, 0.1) is 0 Å². The minimum atomic E-state index is -0.482. The molecule has 0 radical (unpaired) electrons. The highest BCUT2D eigenvalue weighted by atomic mass is 16.3. The van der Waals surface area contributed by atoms with Crippen LogP contribution in [0.15, 0.2) is 79.0 Å². The highest BCUT2D eigenvalue weighted by molar-refractivity contribution is 5.94. The molecule has 1 aromatic heterocycles. The van der Waals surface area contributed by atoms with Crippen LogP contribution in [-0.4, -0.2) is 63.1 Å². The lowest BCUT2D eigenvalue weighted by Gasteiger charge is -2.35. The van der Waals surface area contributed by atoms with Gasteiger partial charge in [0.1, 0.15) is 0 Å². The van der Waals surface area contributed by atoms with Crippen molar-refractivity contribution < 1.29 is 9.90 Å². The van der Waals surface area contributed by atoms with Crippen molar-refractivity contribution in [3.8, 4) is 0 Å². The fourth-order valence-electron chi connectivity index (χ4n) is 7.00. The van der Waals surface area contributed by atoms with Gasteiger partial charge in [-0.2, -0.15) is 0 Å². The molecule has 2 aromatic carbocycles. The van der Waals surface area contributed by atoms with E-state index >= 15 is 0 Å². The van der Waals surface area contributed by atoms with Gasteiger partial charge >= 0.3 is 0 Å². The number of nitrogens with one attached hydrogen (secondary N) is 1. The minimum absolute atomic E-state index is 0.0816. The molecular formula is C33H40N4O2. The summed E-state index contributed by atoms with van der Waals surface area (Å²) in [5.41, 5.74) is 4.09. The Hall–Kier alpha value is -3.06. The first-order valence-corrected chi connectivity index (χ1v) is 14.7. The van der Waals surface area contributed by atoms with Crippen molar-refractivity contribution in [2.75, 3.05) is 13.1 Å². The largest absolute Gasteiger partial charge is 0.387 e. The van der Waals surface area contributed by atoms with Crippen molar-refractivity contribution in [3.05, 3.63) is 101 Å². The van der Waals surface area contributed by atoms with Gasteiger partial charge in [0, 0.05) is 49.0 Å². The Morgan fingerprint density at radius 1 is 0.897 bits per heavy atom. The molecule has 4 heterocycles. The average molecular weight is 525 g/mol. The van der Waals surface area contributed by atoms with Crippen molar-refractivity contribution in [3.63, 3.8) is 0 Å². The zero-order valence-electron chi connectivity index (χ0n) is 22.7. The van der Waals surface area contributed by atoms with Crippen molar-refractivity contribution in [1.29, 1.82) is 0 Å². The summed E-state index contributed by atoms with van der Waals surface area (Å²) < 4.78 is 0. The van der Waals surface area contributed by atoms with Crippen molar-refractivity contribution in [2.24, 2.45) is 0 Å². The molecule has 3 aliphatic heterocycles. The number of rotatable bonds is 8. The van der Waals surface area contributed by atoms with Gasteiger partial charge in [0.2, 0.25) is 0 Å². The van der Waals surface area contributed by atoms with Crippen LogP contribution in [0.1, 0.15) is 71.8 Å². The SMILES string of the molecule is O=C(c1ccc(C[C@@H]2CC[C@H]([C@H](O)c3ccccc3)N2)cc1)N1CCCC1C1CCCN1Cc1ccccn1. The quantitative estimate of drug-likeness (QED) is 0.445. The molecule has 0 saturated carbocycles. The molecular weight excluding hydrogens is 484 g/mol. The summed E-state index contributed by atoms with van der Waals surface area (Å²) in [6.07, 6.45) is 8.78. The topological polar surface area (TPSA) is 68.7 Å². The third-order valence-corrected chi connectivity index (χ3v) is 8.99. The van der Waals surface area contributed by atoms with E-state index in [1.54, 1.807) is 0 Å². The lowest BCUT2D eigenvalue weighted by molar-refractivity contribution is 0.0638. The van der Waals surface area contributed by atoms with E-state index in [2.05, 4.69) is 44.4 Å². The second-order valence-electron chi connectivity index (χ2n) is 11.5. The average Bonchev–Trinajstić information content (AvgIpc) is 3.75. The van der Waals surface area contributed by atoms with E-state index in [4.69, 9.17) is 0 Å². The number of hydrogen-bond acceptors (Lipinski definition) is 5. The highest BCUT2D eigenvalue weighted by Crippen LogP contribution is 2.32. The standard InChI is InChI=1S/C33H40N4O2/c38-32(25-8-2-1-3-9-25)29-18-17-27(35-29)22-24-13-15-26(16-14-24)33(39)37-21-7-12-31(37)30-11-6-20-36(30)23-28-10-4-5-19-34-28/h1-5,8-10,13-16,19,27,29-32,35,38H,6-7,11-12,17-18,20-23H2/t27-,29+,30?,31?,32+/m0/s1. The predicted molar refractivity (Wildman–Crippen MR) is 153 cm³/mol. The number of likely N-dealkylation sites (tertiary alicyclic amines) is 2. The number of benzene rings is 2. The first kappa shape index (κ1) is 26.2. The first-order valence-electron chi connectivity index (χ1n) is 14.7.